The van der Waals surface area contributed by atoms with E-state index >= 15 is 0 Å². The second-order valence-electron chi connectivity index (χ2n) is 6.09. The van der Waals surface area contributed by atoms with E-state index in [-0.39, 0.29) is 18.9 Å². The summed E-state index contributed by atoms with van der Waals surface area (Å²) >= 11 is 0. The summed E-state index contributed by atoms with van der Waals surface area (Å²) in [5.41, 5.74) is 0. The highest BCUT2D eigenvalue weighted by Gasteiger charge is 2.27. The summed E-state index contributed by atoms with van der Waals surface area (Å²) in [4.78, 5) is 23.3. The van der Waals surface area contributed by atoms with Gasteiger partial charge in [0.25, 0.3) is 0 Å². The minimum Gasteiger partial charge on any atom is -0.434 e. The molecule has 0 aliphatic heterocycles. The summed E-state index contributed by atoms with van der Waals surface area (Å²) in [5.74, 6) is -1.79. The van der Waals surface area contributed by atoms with Crippen LogP contribution in [0.2, 0.25) is 0 Å². The fraction of sp³-hybridized carbons (Fsp3) is 0.579. The van der Waals surface area contributed by atoms with Crippen molar-refractivity contribution in [2.45, 2.75) is 57.8 Å². The first-order chi connectivity index (χ1) is 11.7. The smallest absolute Gasteiger partial charge is 0.311 e. The van der Waals surface area contributed by atoms with Gasteiger partial charge in [0.2, 0.25) is 5.79 Å². The van der Waals surface area contributed by atoms with Gasteiger partial charge in [-0.25, -0.2) is 0 Å². The molecule has 0 heterocycles. The predicted molar refractivity (Wildman–Crippen MR) is 94.0 cm³/mol. The Labute approximate surface area is 149 Å². The van der Waals surface area contributed by atoms with Crippen LogP contribution in [0.5, 0.6) is 0 Å². The van der Waals surface area contributed by atoms with Crippen molar-refractivity contribution in [3.63, 3.8) is 0 Å². The summed E-state index contributed by atoms with van der Waals surface area (Å²) in [5, 5.41) is 9.36. The maximum Gasteiger partial charge on any atom is 0.311 e. The summed E-state index contributed by atoms with van der Waals surface area (Å²) in [7, 11) is 1.57. The SMILES string of the molecule is C#C.C=CCC1CC=C(OC(=O)CCC(=O)OC(C)(C)O)C(OC)C1. The van der Waals surface area contributed by atoms with E-state index in [2.05, 4.69) is 19.4 Å². The number of carbonyl (C=O) groups excluding carboxylic acids is 2. The molecule has 25 heavy (non-hydrogen) atoms. The first-order valence-corrected chi connectivity index (χ1v) is 8.07. The normalized spacial score (nSPS) is 19.7. The van der Waals surface area contributed by atoms with Crippen molar-refractivity contribution >= 4 is 11.9 Å². The molecule has 0 bridgehead atoms. The lowest BCUT2D eigenvalue weighted by molar-refractivity contribution is -0.195. The van der Waals surface area contributed by atoms with Gasteiger partial charge in [0.1, 0.15) is 11.9 Å². The van der Waals surface area contributed by atoms with E-state index in [1.807, 2.05) is 12.2 Å². The van der Waals surface area contributed by atoms with Crippen LogP contribution in [0.25, 0.3) is 0 Å². The lowest BCUT2D eigenvalue weighted by Gasteiger charge is -2.27. The van der Waals surface area contributed by atoms with Gasteiger partial charge in [0, 0.05) is 21.0 Å². The van der Waals surface area contributed by atoms with E-state index in [0.29, 0.717) is 11.7 Å². The standard InChI is InChI=1S/C17H26O6.C2H2/c1-5-6-12-7-8-13(14(11-12)21-4)22-15(18)9-10-16(19)23-17(2,3)20;1-2/h5,8,12,14,20H,1,6-7,9-11H2,2-4H3;1-2H. The van der Waals surface area contributed by atoms with E-state index in [0.717, 1.165) is 19.3 Å². The van der Waals surface area contributed by atoms with Crippen LogP contribution in [0.4, 0.5) is 0 Å². The summed E-state index contributed by atoms with van der Waals surface area (Å²) in [6.07, 6.45) is 13.7. The number of rotatable bonds is 8. The number of carbonyl (C=O) groups is 2. The van der Waals surface area contributed by atoms with Crippen LogP contribution in [0.3, 0.4) is 0 Å². The van der Waals surface area contributed by atoms with Crippen molar-refractivity contribution < 1.29 is 28.9 Å². The molecule has 0 fully saturated rings. The second-order valence-corrected chi connectivity index (χ2v) is 6.09. The van der Waals surface area contributed by atoms with Crippen molar-refractivity contribution in [2.75, 3.05) is 7.11 Å². The maximum absolute atomic E-state index is 11.8. The maximum atomic E-state index is 11.8. The average Bonchev–Trinajstić information content (AvgIpc) is 2.55. The van der Waals surface area contributed by atoms with Gasteiger partial charge in [0.15, 0.2) is 0 Å². The van der Waals surface area contributed by atoms with Crippen LogP contribution < -0.4 is 0 Å². The number of hydrogen-bond acceptors (Lipinski definition) is 6. The monoisotopic (exact) mass is 352 g/mol. The molecular weight excluding hydrogens is 324 g/mol. The zero-order valence-electron chi connectivity index (χ0n) is 15.2. The lowest BCUT2D eigenvalue weighted by Crippen LogP contribution is -2.28. The Balaban J connectivity index is 0.00000277. The molecule has 1 N–H and O–H groups in total. The molecule has 0 amide bonds. The Morgan fingerprint density at radius 1 is 1.36 bits per heavy atom. The molecule has 0 aromatic rings. The van der Waals surface area contributed by atoms with Crippen molar-refractivity contribution in [1.29, 1.82) is 0 Å². The van der Waals surface area contributed by atoms with Gasteiger partial charge in [-0.15, -0.1) is 19.4 Å². The molecule has 1 rings (SSSR count). The fourth-order valence-electron chi connectivity index (χ4n) is 2.39. The minimum atomic E-state index is -1.55. The molecule has 0 aromatic carbocycles. The van der Waals surface area contributed by atoms with E-state index in [4.69, 9.17) is 14.2 Å². The van der Waals surface area contributed by atoms with Crippen LogP contribution in [-0.2, 0) is 23.8 Å². The molecule has 0 radical (unpaired) electrons. The van der Waals surface area contributed by atoms with Crippen LogP contribution in [0.1, 0.15) is 46.0 Å². The Morgan fingerprint density at radius 2 is 1.96 bits per heavy atom. The molecule has 1 aliphatic rings. The molecule has 2 unspecified atom stereocenters. The van der Waals surface area contributed by atoms with Gasteiger partial charge in [-0.05, 0) is 31.3 Å². The molecule has 2 atom stereocenters. The van der Waals surface area contributed by atoms with Crippen molar-refractivity contribution in [1.82, 2.24) is 0 Å². The Bertz CT molecular complexity index is 498. The summed E-state index contributed by atoms with van der Waals surface area (Å²) in [6, 6.07) is 0. The molecular formula is C19H28O6. The van der Waals surface area contributed by atoms with E-state index < -0.39 is 17.7 Å². The third kappa shape index (κ3) is 9.70. The number of terminal acetylenes is 1. The predicted octanol–water partition coefficient (Wildman–Crippen LogP) is 2.72. The van der Waals surface area contributed by atoms with Crippen LogP contribution in [0.15, 0.2) is 24.5 Å². The van der Waals surface area contributed by atoms with E-state index in [1.54, 1.807) is 7.11 Å². The number of allylic oxidation sites excluding steroid dienone is 2. The highest BCUT2D eigenvalue weighted by molar-refractivity contribution is 5.78. The van der Waals surface area contributed by atoms with Crippen LogP contribution in [0, 0.1) is 18.8 Å². The number of hydrogen-bond donors (Lipinski definition) is 1. The van der Waals surface area contributed by atoms with Crippen molar-refractivity contribution in [3.8, 4) is 12.8 Å². The third-order valence-electron chi connectivity index (χ3n) is 3.43. The molecule has 0 aromatic heterocycles. The lowest BCUT2D eigenvalue weighted by atomic mass is 9.89. The Morgan fingerprint density at radius 3 is 2.48 bits per heavy atom. The average molecular weight is 352 g/mol. The van der Waals surface area contributed by atoms with Crippen LogP contribution >= 0.6 is 0 Å². The number of methoxy groups -OCH3 is 1. The van der Waals surface area contributed by atoms with Gasteiger partial charge >= 0.3 is 11.9 Å². The molecule has 0 saturated heterocycles. The first kappa shape index (κ1) is 22.9. The second kappa shape index (κ2) is 11.5. The largest absolute Gasteiger partial charge is 0.434 e. The zero-order valence-corrected chi connectivity index (χ0v) is 15.2. The molecule has 6 nitrogen and oxygen atoms in total. The van der Waals surface area contributed by atoms with Crippen molar-refractivity contribution in [3.05, 3.63) is 24.5 Å². The highest BCUT2D eigenvalue weighted by Crippen LogP contribution is 2.29. The molecule has 140 valence electrons. The summed E-state index contributed by atoms with van der Waals surface area (Å²) < 4.78 is 15.4. The number of esters is 2. The minimum absolute atomic E-state index is 0.112. The van der Waals surface area contributed by atoms with Gasteiger partial charge in [0.05, 0.1) is 12.8 Å². The van der Waals surface area contributed by atoms with Crippen LogP contribution in [-0.4, -0.2) is 36.0 Å². The Kier molecular flexibility index (Phi) is 10.5. The molecule has 6 heteroatoms. The Hall–Kier alpha value is -2.10. The molecule has 0 saturated carbocycles. The van der Waals surface area contributed by atoms with Gasteiger partial charge in [-0.2, -0.15) is 0 Å². The van der Waals surface area contributed by atoms with Gasteiger partial charge in [-0.1, -0.05) is 6.08 Å². The zero-order chi connectivity index (χ0) is 19.5. The number of aliphatic hydroxyl groups is 1. The van der Waals surface area contributed by atoms with E-state index in [9.17, 15) is 14.7 Å². The fourth-order valence-corrected chi connectivity index (χ4v) is 2.39. The molecule has 1 aliphatic carbocycles. The first-order valence-electron chi connectivity index (χ1n) is 8.07. The topological polar surface area (TPSA) is 82.1 Å². The summed E-state index contributed by atoms with van der Waals surface area (Å²) in [6.45, 7) is 6.42. The van der Waals surface area contributed by atoms with Gasteiger partial charge in [-0.3, -0.25) is 9.59 Å². The molecule has 0 spiro atoms. The van der Waals surface area contributed by atoms with E-state index in [1.165, 1.54) is 13.8 Å². The third-order valence-corrected chi connectivity index (χ3v) is 3.43. The highest BCUT2D eigenvalue weighted by atomic mass is 16.7. The quantitative estimate of drug-likeness (QED) is 0.313. The van der Waals surface area contributed by atoms with Crippen molar-refractivity contribution in [2.24, 2.45) is 5.92 Å². The van der Waals surface area contributed by atoms with Gasteiger partial charge < -0.3 is 19.3 Å². The number of ether oxygens (including phenoxy) is 3.